The van der Waals surface area contributed by atoms with Crippen molar-refractivity contribution in [3.8, 4) is 5.75 Å². The van der Waals surface area contributed by atoms with Crippen molar-refractivity contribution in [1.82, 2.24) is 10.2 Å². The smallest absolute Gasteiger partial charge is 0.251 e. The molecule has 2 amide bonds. The Labute approximate surface area is 147 Å². The Balaban J connectivity index is 1.54. The number of carbonyl (C=O) groups excluding carboxylic acids is 2. The number of anilines is 1. The Morgan fingerprint density at radius 2 is 1.92 bits per heavy atom. The average Bonchev–Trinajstić information content (AvgIpc) is 2.91. The predicted octanol–water partition coefficient (Wildman–Crippen LogP) is 0.639. The molecule has 0 saturated carbocycles. The molecule has 0 radical (unpaired) electrons. The Kier molecular flexibility index (Phi) is 6.01. The quantitative estimate of drug-likeness (QED) is 0.730. The third-order valence-corrected chi connectivity index (χ3v) is 4.48. The number of carbonyl (C=O) groups is 2. The minimum atomic E-state index is -0.444. The topological polar surface area (TPSA) is 71.1 Å². The largest absolute Gasteiger partial charge is 0.494 e. The van der Waals surface area contributed by atoms with E-state index in [2.05, 4.69) is 10.2 Å². The number of morpholine rings is 1. The van der Waals surface area contributed by atoms with Crippen molar-refractivity contribution < 1.29 is 19.1 Å². The molecule has 2 saturated heterocycles. The van der Waals surface area contributed by atoms with Crippen LogP contribution in [0.1, 0.15) is 13.3 Å². The highest BCUT2D eigenvalue weighted by Crippen LogP contribution is 2.25. The lowest BCUT2D eigenvalue weighted by molar-refractivity contribution is -0.121. The Bertz CT molecular complexity index is 599. The van der Waals surface area contributed by atoms with E-state index in [0.717, 1.165) is 38.6 Å². The Hall–Kier alpha value is -1.96. The fraction of sp³-hybridized carbons (Fsp3) is 0.556. The molecule has 3 rings (SSSR count). The molecule has 0 spiro atoms. The molecule has 136 valence electrons. The van der Waals surface area contributed by atoms with Crippen molar-refractivity contribution >= 4 is 17.5 Å². The molecule has 1 aromatic rings. The van der Waals surface area contributed by atoms with Gasteiger partial charge in [-0.2, -0.15) is 0 Å². The van der Waals surface area contributed by atoms with Gasteiger partial charge in [0.15, 0.2) is 0 Å². The lowest BCUT2D eigenvalue weighted by atomic mass is 10.2. The maximum absolute atomic E-state index is 12.6. The number of hydrogen-bond acceptors (Lipinski definition) is 6. The fourth-order valence-electron chi connectivity index (χ4n) is 3.14. The van der Waals surface area contributed by atoms with Crippen LogP contribution in [0.15, 0.2) is 24.3 Å². The van der Waals surface area contributed by atoms with Gasteiger partial charge in [0, 0.05) is 26.2 Å². The van der Waals surface area contributed by atoms with Gasteiger partial charge in [0.05, 0.1) is 38.0 Å². The van der Waals surface area contributed by atoms with E-state index >= 15 is 0 Å². The standard InChI is InChI=1S/C18H25N3O4/c1-2-25-15-5-3-14(4-6-15)21-17(22)13-16(18(21)23)19-7-8-20-9-11-24-12-10-20/h3-6,16,19H,2,7-13H2,1H3. The zero-order valence-electron chi connectivity index (χ0n) is 14.6. The van der Waals surface area contributed by atoms with Crippen LogP contribution in [0.25, 0.3) is 0 Å². The van der Waals surface area contributed by atoms with Crippen LogP contribution in [0.5, 0.6) is 5.75 Å². The zero-order chi connectivity index (χ0) is 17.6. The number of rotatable bonds is 7. The monoisotopic (exact) mass is 347 g/mol. The summed E-state index contributed by atoms with van der Waals surface area (Å²) in [5, 5.41) is 3.22. The first-order valence-corrected chi connectivity index (χ1v) is 8.82. The second kappa shape index (κ2) is 8.42. The second-order valence-corrected chi connectivity index (χ2v) is 6.16. The summed E-state index contributed by atoms with van der Waals surface area (Å²) in [6.07, 6.45) is 0.204. The van der Waals surface area contributed by atoms with Crippen LogP contribution in [0, 0.1) is 0 Å². The number of hydrogen-bond donors (Lipinski definition) is 1. The van der Waals surface area contributed by atoms with Gasteiger partial charge >= 0.3 is 0 Å². The van der Waals surface area contributed by atoms with Crippen LogP contribution in [0.3, 0.4) is 0 Å². The summed E-state index contributed by atoms with van der Waals surface area (Å²) in [5.74, 6) is 0.375. The third-order valence-electron chi connectivity index (χ3n) is 4.48. The molecule has 0 aromatic heterocycles. The SMILES string of the molecule is CCOc1ccc(N2C(=O)CC(NCCN3CCOCC3)C2=O)cc1. The summed E-state index contributed by atoms with van der Waals surface area (Å²) in [4.78, 5) is 28.4. The van der Waals surface area contributed by atoms with Gasteiger partial charge in [-0.05, 0) is 31.2 Å². The molecule has 25 heavy (non-hydrogen) atoms. The summed E-state index contributed by atoms with van der Waals surface area (Å²) >= 11 is 0. The molecule has 2 aliphatic heterocycles. The lowest BCUT2D eigenvalue weighted by Gasteiger charge is -2.27. The number of nitrogens with one attached hydrogen (secondary N) is 1. The van der Waals surface area contributed by atoms with E-state index in [0.29, 0.717) is 18.8 Å². The highest BCUT2D eigenvalue weighted by Gasteiger charge is 2.39. The molecule has 2 aliphatic rings. The number of benzene rings is 1. The van der Waals surface area contributed by atoms with Crippen LogP contribution in [0.2, 0.25) is 0 Å². The maximum atomic E-state index is 12.6. The van der Waals surface area contributed by atoms with Crippen molar-refractivity contribution in [2.24, 2.45) is 0 Å². The van der Waals surface area contributed by atoms with E-state index in [1.165, 1.54) is 4.90 Å². The maximum Gasteiger partial charge on any atom is 0.251 e. The van der Waals surface area contributed by atoms with E-state index in [-0.39, 0.29) is 18.2 Å². The average molecular weight is 347 g/mol. The van der Waals surface area contributed by atoms with Gasteiger partial charge in [-0.1, -0.05) is 0 Å². The van der Waals surface area contributed by atoms with Crippen molar-refractivity contribution in [2.45, 2.75) is 19.4 Å². The first kappa shape index (κ1) is 17.8. The summed E-state index contributed by atoms with van der Waals surface area (Å²) < 4.78 is 10.7. The number of nitrogens with zero attached hydrogens (tertiary/aromatic N) is 2. The van der Waals surface area contributed by atoms with E-state index in [4.69, 9.17) is 9.47 Å². The van der Waals surface area contributed by atoms with E-state index in [9.17, 15) is 9.59 Å². The fourth-order valence-corrected chi connectivity index (χ4v) is 3.14. The van der Waals surface area contributed by atoms with Gasteiger partial charge in [-0.15, -0.1) is 0 Å². The van der Waals surface area contributed by atoms with Crippen molar-refractivity contribution in [3.05, 3.63) is 24.3 Å². The summed E-state index contributed by atoms with van der Waals surface area (Å²) in [6, 6.07) is 6.60. The molecule has 2 fully saturated rings. The van der Waals surface area contributed by atoms with E-state index in [1.54, 1.807) is 24.3 Å². The molecule has 1 N–H and O–H groups in total. The number of amides is 2. The van der Waals surface area contributed by atoms with E-state index in [1.807, 2.05) is 6.92 Å². The van der Waals surface area contributed by atoms with Gasteiger partial charge in [-0.25, -0.2) is 4.90 Å². The summed E-state index contributed by atoms with van der Waals surface area (Å²) in [6.45, 7) is 7.36. The van der Waals surface area contributed by atoms with Gasteiger partial charge in [0.25, 0.3) is 5.91 Å². The highest BCUT2D eigenvalue weighted by molar-refractivity contribution is 6.22. The minimum absolute atomic E-state index is 0.168. The molecule has 0 bridgehead atoms. The highest BCUT2D eigenvalue weighted by atomic mass is 16.5. The molecule has 7 nitrogen and oxygen atoms in total. The first-order chi connectivity index (χ1) is 12.2. The van der Waals surface area contributed by atoms with Crippen LogP contribution in [0.4, 0.5) is 5.69 Å². The number of imide groups is 1. The lowest BCUT2D eigenvalue weighted by Crippen LogP contribution is -2.44. The summed E-state index contributed by atoms with van der Waals surface area (Å²) in [7, 11) is 0. The first-order valence-electron chi connectivity index (χ1n) is 8.82. The van der Waals surface area contributed by atoms with Crippen LogP contribution < -0.4 is 15.0 Å². The van der Waals surface area contributed by atoms with Crippen LogP contribution in [-0.2, 0) is 14.3 Å². The zero-order valence-corrected chi connectivity index (χ0v) is 14.6. The second-order valence-electron chi connectivity index (χ2n) is 6.16. The van der Waals surface area contributed by atoms with E-state index < -0.39 is 6.04 Å². The van der Waals surface area contributed by atoms with Crippen molar-refractivity contribution in [3.63, 3.8) is 0 Å². The molecule has 1 aromatic carbocycles. The molecular weight excluding hydrogens is 322 g/mol. The molecule has 1 atom stereocenters. The molecule has 7 heteroatoms. The van der Waals surface area contributed by atoms with Crippen molar-refractivity contribution in [1.29, 1.82) is 0 Å². The van der Waals surface area contributed by atoms with Gasteiger partial charge in [0.1, 0.15) is 5.75 Å². The minimum Gasteiger partial charge on any atom is -0.494 e. The van der Waals surface area contributed by atoms with Gasteiger partial charge < -0.3 is 14.8 Å². The van der Waals surface area contributed by atoms with Gasteiger partial charge in [0.2, 0.25) is 5.91 Å². The van der Waals surface area contributed by atoms with Crippen LogP contribution >= 0.6 is 0 Å². The molecular formula is C18H25N3O4. The van der Waals surface area contributed by atoms with Gasteiger partial charge in [-0.3, -0.25) is 14.5 Å². The van der Waals surface area contributed by atoms with Crippen molar-refractivity contribution in [2.75, 3.05) is 50.9 Å². The Morgan fingerprint density at radius 3 is 2.60 bits per heavy atom. The third kappa shape index (κ3) is 4.36. The normalized spacial score (nSPS) is 21.8. The summed E-state index contributed by atoms with van der Waals surface area (Å²) in [5.41, 5.74) is 0.593. The number of ether oxygens (including phenoxy) is 2. The molecule has 1 unspecified atom stereocenters. The Morgan fingerprint density at radius 1 is 1.20 bits per heavy atom. The van der Waals surface area contributed by atoms with Crippen LogP contribution in [-0.4, -0.2) is 68.8 Å². The predicted molar refractivity (Wildman–Crippen MR) is 93.8 cm³/mol. The molecule has 2 heterocycles. The molecule has 0 aliphatic carbocycles.